The molecule has 0 aliphatic rings. The molecule has 2 atom stereocenters. The molecule has 1 rings (SSSR count). The zero-order chi connectivity index (χ0) is 15.5. The number of carbonyl (C=O) groups excluding carboxylic acids is 1. The molecule has 5 nitrogen and oxygen atoms in total. The Bertz CT molecular complexity index is 464. The molecule has 0 aliphatic heterocycles. The van der Waals surface area contributed by atoms with Crippen LogP contribution in [0.25, 0.3) is 0 Å². The fourth-order valence-electron chi connectivity index (χ4n) is 2.42. The Labute approximate surface area is 121 Å². The van der Waals surface area contributed by atoms with Crippen molar-refractivity contribution in [2.75, 3.05) is 20.6 Å². The second kappa shape index (κ2) is 6.41. The van der Waals surface area contributed by atoms with Crippen LogP contribution in [0.5, 0.6) is 0 Å². The van der Waals surface area contributed by atoms with Crippen LogP contribution in [0.2, 0.25) is 0 Å². The van der Waals surface area contributed by atoms with Gasteiger partial charge in [0.1, 0.15) is 17.1 Å². The Kier molecular flexibility index (Phi) is 5.36. The lowest BCUT2D eigenvalue weighted by molar-refractivity contribution is -0.126. The molecule has 1 amide bonds. The largest absolute Gasteiger partial charge is 0.466 e. The van der Waals surface area contributed by atoms with Gasteiger partial charge in [-0.05, 0) is 47.4 Å². The molecule has 0 radical (unpaired) electrons. The lowest BCUT2D eigenvalue weighted by atomic mass is 9.96. The van der Waals surface area contributed by atoms with E-state index < -0.39 is 5.60 Å². The van der Waals surface area contributed by atoms with E-state index in [4.69, 9.17) is 4.42 Å². The Morgan fingerprint density at radius 1 is 1.50 bits per heavy atom. The summed E-state index contributed by atoms with van der Waals surface area (Å²) in [5.41, 5.74) is -0.421. The lowest BCUT2D eigenvalue weighted by Gasteiger charge is -2.27. The smallest absolute Gasteiger partial charge is 0.237 e. The molecule has 20 heavy (non-hydrogen) atoms. The molecule has 0 fully saturated rings. The molecule has 1 heterocycles. The summed E-state index contributed by atoms with van der Waals surface area (Å²) >= 11 is 0. The van der Waals surface area contributed by atoms with Gasteiger partial charge in [-0.3, -0.25) is 9.69 Å². The van der Waals surface area contributed by atoms with Crippen molar-refractivity contribution in [1.82, 2.24) is 10.2 Å². The molecule has 0 spiro atoms. The maximum Gasteiger partial charge on any atom is 0.237 e. The van der Waals surface area contributed by atoms with Gasteiger partial charge in [-0.25, -0.2) is 0 Å². The van der Waals surface area contributed by atoms with Crippen LogP contribution in [0.15, 0.2) is 10.5 Å². The molecule has 0 bridgehead atoms. The fourth-order valence-corrected chi connectivity index (χ4v) is 2.42. The summed E-state index contributed by atoms with van der Waals surface area (Å²) in [4.78, 5) is 14.0. The van der Waals surface area contributed by atoms with Crippen LogP contribution in [0.3, 0.4) is 0 Å². The molecule has 0 saturated carbocycles. The molecule has 0 aliphatic carbocycles. The zero-order valence-corrected chi connectivity index (χ0v) is 13.3. The predicted molar refractivity (Wildman–Crippen MR) is 78.5 cm³/mol. The van der Waals surface area contributed by atoms with Crippen molar-refractivity contribution in [3.8, 4) is 0 Å². The van der Waals surface area contributed by atoms with Gasteiger partial charge in [0.25, 0.3) is 0 Å². The van der Waals surface area contributed by atoms with Crippen molar-refractivity contribution in [2.24, 2.45) is 0 Å². The molecule has 1 aromatic rings. The van der Waals surface area contributed by atoms with E-state index in [1.807, 2.05) is 45.8 Å². The molecule has 2 unspecified atom stereocenters. The van der Waals surface area contributed by atoms with Crippen LogP contribution in [0.1, 0.15) is 37.4 Å². The number of furan rings is 1. The number of hydrogen-bond acceptors (Lipinski definition) is 4. The first-order valence-electron chi connectivity index (χ1n) is 6.93. The first kappa shape index (κ1) is 16.7. The highest BCUT2D eigenvalue weighted by Gasteiger charge is 2.29. The van der Waals surface area contributed by atoms with E-state index in [1.54, 1.807) is 6.92 Å². The van der Waals surface area contributed by atoms with Crippen molar-refractivity contribution in [2.45, 2.75) is 45.8 Å². The quantitative estimate of drug-likeness (QED) is 0.831. The number of rotatable bonds is 6. The molecular formula is C15H26N2O3. The molecule has 2 N–H and O–H groups in total. The summed E-state index contributed by atoms with van der Waals surface area (Å²) in [6.45, 7) is 7.46. The average Bonchev–Trinajstić information content (AvgIpc) is 2.67. The number of likely N-dealkylation sites (N-methyl/N-ethyl adjacent to an activating group) is 1. The number of amides is 1. The summed E-state index contributed by atoms with van der Waals surface area (Å²) < 4.78 is 5.43. The topological polar surface area (TPSA) is 65.7 Å². The summed E-state index contributed by atoms with van der Waals surface area (Å²) in [6.07, 6.45) is 0.727. The maximum atomic E-state index is 12.1. The number of nitrogens with zero attached hydrogens (tertiary/aromatic N) is 1. The Hall–Kier alpha value is -1.33. The van der Waals surface area contributed by atoms with E-state index in [0.717, 1.165) is 12.2 Å². The van der Waals surface area contributed by atoms with Gasteiger partial charge >= 0.3 is 0 Å². The van der Waals surface area contributed by atoms with Crippen molar-refractivity contribution in [1.29, 1.82) is 0 Å². The van der Waals surface area contributed by atoms with Gasteiger partial charge in [-0.1, -0.05) is 6.92 Å². The molecule has 0 saturated heterocycles. The van der Waals surface area contributed by atoms with Crippen LogP contribution in [-0.4, -0.2) is 42.6 Å². The van der Waals surface area contributed by atoms with E-state index in [0.29, 0.717) is 11.3 Å². The minimum absolute atomic E-state index is 0.0735. The zero-order valence-electron chi connectivity index (χ0n) is 13.3. The highest BCUT2D eigenvalue weighted by Crippen LogP contribution is 2.26. The average molecular weight is 282 g/mol. The summed E-state index contributed by atoms with van der Waals surface area (Å²) in [5.74, 6) is 1.36. The van der Waals surface area contributed by atoms with Crippen molar-refractivity contribution in [3.05, 3.63) is 23.2 Å². The van der Waals surface area contributed by atoms with Gasteiger partial charge in [0.15, 0.2) is 0 Å². The van der Waals surface area contributed by atoms with E-state index in [2.05, 4.69) is 5.32 Å². The Morgan fingerprint density at radius 2 is 2.10 bits per heavy atom. The second-order valence-corrected chi connectivity index (χ2v) is 5.71. The summed E-state index contributed by atoms with van der Waals surface area (Å²) in [7, 11) is 3.74. The minimum atomic E-state index is -1.14. The molecule has 1 aromatic heterocycles. The van der Waals surface area contributed by atoms with Gasteiger partial charge in [0.2, 0.25) is 5.91 Å². The van der Waals surface area contributed by atoms with Crippen molar-refractivity contribution in [3.63, 3.8) is 0 Å². The Morgan fingerprint density at radius 3 is 2.50 bits per heavy atom. The molecule has 5 heteroatoms. The first-order chi connectivity index (χ1) is 9.19. The monoisotopic (exact) mass is 282 g/mol. The normalized spacial score (nSPS) is 16.0. The van der Waals surface area contributed by atoms with Crippen LogP contribution < -0.4 is 5.32 Å². The van der Waals surface area contributed by atoms with E-state index in [-0.39, 0.29) is 18.5 Å². The number of nitrogens with one attached hydrogen (secondary N) is 1. The predicted octanol–water partition coefficient (Wildman–Crippen LogP) is 1.56. The SMILES string of the molecule is CCC(C(=O)NCC(C)(O)c1cc(C)oc1C)N(C)C. The van der Waals surface area contributed by atoms with E-state index in [1.165, 1.54) is 0 Å². The third kappa shape index (κ3) is 3.84. The molecule has 114 valence electrons. The van der Waals surface area contributed by atoms with Crippen LogP contribution in [0, 0.1) is 13.8 Å². The lowest BCUT2D eigenvalue weighted by Crippen LogP contribution is -2.47. The van der Waals surface area contributed by atoms with Gasteiger partial charge in [0, 0.05) is 5.56 Å². The number of aliphatic hydroxyl groups is 1. The standard InChI is InChI=1S/C15H26N2O3/c1-7-13(17(5)6)14(18)16-9-15(4,19)12-8-10(2)20-11(12)3/h8,13,19H,7,9H2,1-6H3,(H,16,18). The van der Waals surface area contributed by atoms with Crippen molar-refractivity contribution >= 4 is 5.91 Å². The number of hydrogen-bond donors (Lipinski definition) is 2. The number of carbonyl (C=O) groups is 1. The van der Waals surface area contributed by atoms with Crippen LogP contribution in [-0.2, 0) is 10.4 Å². The summed E-state index contributed by atoms with van der Waals surface area (Å²) in [6, 6.07) is 1.63. The third-order valence-corrected chi connectivity index (χ3v) is 3.54. The van der Waals surface area contributed by atoms with Gasteiger partial charge in [-0.15, -0.1) is 0 Å². The first-order valence-corrected chi connectivity index (χ1v) is 6.93. The molecule has 0 aromatic carbocycles. The van der Waals surface area contributed by atoms with Crippen LogP contribution in [0.4, 0.5) is 0 Å². The van der Waals surface area contributed by atoms with Crippen LogP contribution >= 0.6 is 0 Å². The maximum absolute atomic E-state index is 12.1. The number of aryl methyl sites for hydroxylation is 2. The van der Waals surface area contributed by atoms with Gasteiger partial charge in [0.05, 0.1) is 12.6 Å². The second-order valence-electron chi connectivity index (χ2n) is 5.71. The fraction of sp³-hybridized carbons (Fsp3) is 0.667. The van der Waals surface area contributed by atoms with E-state index >= 15 is 0 Å². The van der Waals surface area contributed by atoms with Crippen molar-refractivity contribution < 1.29 is 14.3 Å². The Balaban J connectivity index is 2.73. The molecular weight excluding hydrogens is 256 g/mol. The minimum Gasteiger partial charge on any atom is -0.466 e. The van der Waals surface area contributed by atoms with E-state index in [9.17, 15) is 9.90 Å². The van der Waals surface area contributed by atoms with Gasteiger partial charge < -0.3 is 14.8 Å². The summed E-state index contributed by atoms with van der Waals surface area (Å²) in [5, 5.41) is 13.4. The highest BCUT2D eigenvalue weighted by molar-refractivity contribution is 5.81. The highest BCUT2D eigenvalue weighted by atomic mass is 16.3. The third-order valence-electron chi connectivity index (χ3n) is 3.54. The van der Waals surface area contributed by atoms with Gasteiger partial charge in [-0.2, -0.15) is 0 Å².